The Morgan fingerprint density at radius 1 is 1.19 bits per heavy atom. The van der Waals surface area contributed by atoms with Gasteiger partial charge in [-0.25, -0.2) is 0 Å². The molecule has 6 nitrogen and oxygen atoms in total. The summed E-state index contributed by atoms with van der Waals surface area (Å²) in [6.07, 6.45) is 3.79. The van der Waals surface area contributed by atoms with E-state index in [1.807, 2.05) is 26.0 Å². The van der Waals surface area contributed by atoms with Crippen LogP contribution in [0.1, 0.15) is 44.7 Å². The smallest absolute Gasteiger partial charge is 0.279 e. The maximum absolute atomic E-state index is 12.7. The van der Waals surface area contributed by atoms with Crippen molar-refractivity contribution >= 4 is 10.2 Å². The van der Waals surface area contributed by atoms with Gasteiger partial charge in [-0.2, -0.15) is 17.4 Å². The fourth-order valence-corrected chi connectivity index (χ4v) is 6.24. The number of fused-ring (bicyclic) bond motifs is 2. The van der Waals surface area contributed by atoms with Crippen LogP contribution in [0.15, 0.2) is 18.2 Å². The van der Waals surface area contributed by atoms with Crippen molar-refractivity contribution in [3.05, 3.63) is 29.3 Å². The molecule has 0 bridgehead atoms. The maximum Gasteiger partial charge on any atom is 0.279 e. The summed E-state index contributed by atoms with van der Waals surface area (Å²) < 4.78 is 29.8. The summed E-state index contributed by atoms with van der Waals surface area (Å²) in [6, 6.07) is 6.07. The molecule has 1 fully saturated rings. The van der Waals surface area contributed by atoms with Crippen LogP contribution in [0.25, 0.3) is 0 Å². The van der Waals surface area contributed by atoms with E-state index in [0.717, 1.165) is 38.8 Å². The fourth-order valence-electron chi connectivity index (χ4n) is 4.82. The number of likely N-dealkylation sites (tertiary alicyclic amines) is 1. The number of rotatable bonds is 7. The first-order chi connectivity index (χ1) is 12.9. The quantitative estimate of drug-likeness (QED) is 0.742. The molecular weight excluding hydrogens is 362 g/mol. The highest BCUT2D eigenvalue weighted by Gasteiger charge is 2.40. The number of aromatic hydroxyl groups is 1. The van der Waals surface area contributed by atoms with Gasteiger partial charge in [-0.1, -0.05) is 26.8 Å². The van der Waals surface area contributed by atoms with Gasteiger partial charge in [-0.3, -0.25) is 4.90 Å². The summed E-state index contributed by atoms with van der Waals surface area (Å²) >= 11 is 0. The molecule has 27 heavy (non-hydrogen) atoms. The average Bonchev–Trinajstić information content (AvgIpc) is 2.60. The van der Waals surface area contributed by atoms with Crippen molar-refractivity contribution in [3.8, 4) is 5.75 Å². The molecule has 0 spiro atoms. The molecule has 3 atom stereocenters. The van der Waals surface area contributed by atoms with Crippen molar-refractivity contribution in [1.82, 2.24) is 13.9 Å². The van der Waals surface area contributed by atoms with Gasteiger partial charge in [0.2, 0.25) is 0 Å². The van der Waals surface area contributed by atoms with Crippen molar-refractivity contribution in [2.24, 2.45) is 5.92 Å². The van der Waals surface area contributed by atoms with E-state index in [9.17, 15) is 13.5 Å². The summed E-state index contributed by atoms with van der Waals surface area (Å²) in [7, 11) is -3.45. The molecule has 0 radical (unpaired) electrons. The summed E-state index contributed by atoms with van der Waals surface area (Å²) in [6.45, 7) is 8.63. The third-order valence-corrected chi connectivity index (χ3v) is 7.86. The number of phenolic OH excluding ortho intramolecular Hbond substituents is 1. The molecule has 1 aromatic rings. The van der Waals surface area contributed by atoms with Crippen LogP contribution in [0.5, 0.6) is 5.75 Å². The second-order valence-corrected chi connectivity index (χ2v) is 9.53. The number of piperidine rings is 1. The highest BCUT2D eigenvalue weighted by atomic mass is 32.2. The first-order valence-corrected chi connectivity index (χ1v) is 11.6. The molecular formula is C20H33N3O3S. The summed E-state index contributed by atoms with van der Waals surface area (Å²) in [5.41, 5.74) is 2.53. The van der Waals surface area contributed by atoms with E-state index in [0.29, 0.717) is 30.8 Å². The molecule has 0 amide bonds. The zero-order chi connectivity index (χ0) is 19.6. The number of nitrogens with zero attached hydrogens (tertiary/aromatic N) is 2. The lowest BCUT2D eigenvalue weighted by molar-refractivity contribution is 0.0683. The van der Waals surface area contributed by atoms with E-state index in [-0.39, 0.29) is 6.04 Å². The molecule has 3 unspecified atom stereocenters. The lowest BCUT2D eigenvalue weighted by atomic mass is 9.74. The molecule has 3 rings (SSSR count). The van der Waals surface area contributed by atoms with Crippen LogP contribution in [0.3, 0.4) is 0 Å². The average molecular weight is 396 g/mol. The second kappa shape index (κ2) is 8.47. The number of phenols is 1. The molecule has 2 aliphatic rings. The molecule has 1 aliphatic carbocycles. The van der Waals surface area contributed by atoms with Gasteiger partial charge >= 0.3 is 0 Å². The molecule has 152 valence electrons. The molecule has 1 heterocycles. The normalized spacial score (nSPS) is 26.0. The predicted molar refractivity (Wildman–Crippen MR) is 108 cm³/mol. The lowest BCUT2D eigenvalue weighted by Crippen LogP contribution is -2.59. The molecule has 1 aromatic carbocycles. The van der Waals surface area contributed by atoms with Crippen molar-refractivity contribution in [1.29, 1.82) is 0 Å². The summed E-state index contributed by atoms with van der Waals surface area (Å²) in [5.74, 6) is 0.719. The third-order valence-electron chi connectivity index (χ3n) is 6.03. The third kappa shape index (κ3) is 4.47. The Hall–Kier alpha value is -1.15. The van der Waals surface area contributed by atoms with Gasteiger partial charge in [0, 0.05) is 31.7 Å². The van der Waals surface area contributed by atoms with Gasteiger partial charge in [-0.05, 0) is 61.4 Å². The number of hydrogen-bond donors (Lipinski definition) is 2. The van der Waals surface area contributed by atoms with E-state index in [4.69, 9.17) is 0 Å². The van der Waals surface area contributed by atoms with E-state index < -0.39 is 10.2 Å². The summed E-state index contributed by atoms with van der Waals surface area (Å²) in [5, 5.41) is 9.83. The van der Waals surface area contributed by atoms with Crippen LogP contribution in [0.2, 0.25) is 0 Å². The topological polar surface area (TPSA) is 72.9 Å². The molecule has 2 N–H and O–H groups in total. The predicted octanol–water partition coefficient (Wildman–Crippen LogP) is 2.14. The monoisotopic (exact) mass is 395 g/mol. The van der Waals surface area contributed by atoms with Crippen molar-refractivity contribution < 1.29 is 13.5 Å². The highest BCUT2D eigenvalue weighted by Crippen LogP contribution is 2.36. The zero-order valence-corrected chi connectivity index (χ0v) is 17.5. The van der Waals surface area contributed by atoms with Crippen LogP contribution in [0.4, 0.5) is 0 Å². The molecule has 1 saturated heterocycles. The minimum absolute atomic E-state index is 0.0674. The Kier molecular flexibility index (Phi) is 6.46. The van der Waals surface area contributed by atoms with Gasteiger partial charge in [0.05, 0.1) is 0 Å². The molecule has 1 aliphatic heterocycles. The number of hydrogen-bond acceptors (Lipinski definition) is 4. The second-order valence-electron chi connectivity index (χ2n) is 7.82. The van der Waals surface area contributed by atoms with E-state index in [2.05, 4.69) is 16.5 Å². The van der Waals surface area contributed by atoms with Crippen molar-refractivity contribution in [3.63, 3.8) is 0 Å². The summed E-state index contributed by atoms with van der Waals surface area (Å²) in [4.78, 5) is 2.47. The fraction of sp³-hybridized carbons (Fsp3) is 0.700. The molecule has 7 heteroatoms. The highest BCUT2D eigenvalue weighted by molar-refractivity contribution is 7.87. The van der Waals surface area contributed by atoms with Crippen molar-refractivity contribution in [2.75, 3.05) is 26.2 Å². The van der Waals surface area contributed by atoms with Crippen LogP contribution in [0, 0.1) is 5.92 Å². The van der Waals surface area contributed by atoms with Crippen LogP contribution in [-0.2, 0) is 23.1 Å². The largest absolute Gasteiger partial charge is 0.508 e. The van der Waals surface area contributed by atoms with Gasteiger partial charge in [0.15, 0.2) is 0 Å². The molecule has 0 saturated carbocycles. The Bertz CT molecular complexity index is 749. The Morgan fingerprint density at radius 2 is 1.93 bits per heavy atom. The van der Waals surface area contributed by atoms with E-state index in [1.165, 1.54) is 15.4 Å². The van der Waals surface area contributed by atoms with Crippen LogP contribution < -0.4 is 4.72 Å². The Balaban J connectivity index is 1.80. The number of benzene rings is 1. The Labute approximate surface area is 163 Å². The minimum atomic E-state index is -3.45. The van der Waals surface area contributed by atoms with Crippen LogP contribution in [-0.4, -0.2) is 61.0 Å². The van der Waals surface area contributed by atoms with Crippen LogP contribution >= 0.6 is 0 Å². The van der Waals surface area contributed by atoms with Gasteiger partial charge in [0.1, 0.15) is 5.75 Å². The van der Waals surface area contributed by atoms with Gasteiger partial charge in [-0.15, -0.1) is 0 Å². The van der Waals surface area contributed by atoms with Gasteiger partial charge in [0.25, 0.3) is 10.2 Å². The first-order valence-electron chi connectivity index (χ1n) is 10.2. The van der Waals surface area contributed by atoms with E-state index in [1.54, 1.807) is 6.07 Å². The van der Waals surface area contributed by atoms with E-state index >= 15 is 0 Å². The van der Waals surface area contributed by atoms with Crippen molar-refractivity contribution in [2.45, 2.75) is 58.5 Å². The molecule has 0 aromatic heterocycles. The zero-order valence-electron chi connectivity index (χ0n) is 16.7. The minimum Gasteiger partial charge on any atom is -0.508 e. The number of nitrogens with one attached hydrogen (secondary N) is 1. The lowest BCUT2D eigenvalue weighted by Gasteiger charge is -2.47. The maximum atomic E-state index is 12.7. The first kappa shape index (κ1) is 20.6. The van der Waals surface area contributed by atoms with Gasteiger partial charge < -0.3 is 5.11 Å². The Morgan fingerprint density at radius 3 is 2.59 bits per heavy atom. The SMILES string of the molecule is CCCN1CC(NS(=O)(=O)N(CC)CC)CC2Cc3cc(O)ccc3CC21. The standard InChI is InChI=1S/C20H33N3O3S/c1-4-9-22-14-18(21-27(25,26)23(5-2)6-3)11-17-10-16-12-19(24)8-7-15(16)13-20(17)22/h7-8,12,17-18,20-21,24H,4-6,9-11,13-14H2,1-3H3.